The van der Waals surface area contributed by atoms with E-state index in [1.54, 1.807) is 4.90 Å². The molecule has 98 valence electrons. The van der Waals surface area contributed by atoms with Gasteiger partial charge in [-0.25, -0.2) is 0 Å². The van der Waals surface area contributed by atoms with Crippen molar-refractivity contribution in [2.45, 2.75) is 37.3 Å². The highest BCUT2D eigenvalue weighted by Crippen LogP contribution is 2.26. The van der Waals surface area contributed by atoms with Crippen LogP contribution >= 0.6 is 0 Å². The molecule has 1 saturated heterocycles. The Balaban J connectivity index is 1.80. The van der Waals surface area contributed by atoms with Crippen molar-refractivity contribution in [1.82, 2.24) is 4.90 Å². The Morgan fingerprint density at radius 1 is 1.59 bits per heavy atom. The minimum absolute atomic E-state index is 0.0471. The van der Waals surface area contributed by atoms with E-state index in [1.807, 2.05) is 7.05 Å². The van der Waals surface area contributed by atoms with Gasteiger partial charge in [-0.05, 0) is 25.7 Å². The van der Waals surface area contributed by atoms with Crippen LogP contribution in [0.15, 0.2) is 0 Å². The van der Waals surface area contributed by atoms with E-state index in [9.17, 15) is 4.79 Å². The van der Waals surface area contributed by atoms with Gasteiger partial charge in [-0.3, -0.25) is 4.79 Å². The second kappa shape index (κ2) is 5.33. The summed E-state index contributed by atoms with van der Waals surface area (Å²) in [5, 5.41) is 0. The number of nitrogens with two attached hydrogens (primary N) is 1. The van der Waals surface area contributed by atoms with E-state index in [0.29, 0.717) is 19.2 Å². The summed E-state index contributed by atoms with van der Waals surface area (Å²) >= 11 is 0. The van der Waals surface area contributed by atoms with Crippen molar-refractivity contribution < 1.29 is 14.3 Å². The maximum Gasteiger partial charge on any atom is 0.248 e. The second-order valence-corrected chi connectivity index (χ2v) is 5.07. The molecule has 1 aliphatic heterocycles. The third-order valence-corrected chi connectivity index (χ3v) is 3.65. The van der Waals surface area contributed by atoms with Crippen LogP contribution in [-0.2, 0) is 14.3 Å². The van der Waals surface area contributed by atoms with E-state index < -0.39 is 5.60 Å². The first-order valence-electron chi connectivity index (χ1n) is 6.34. The number of rotatable bonds is 5. The Kier molecular flexibility index (Phi) is 4.01. The van der Waals surface area contributed by atoms with Gasteiger partial charge in [0.2, 0.25) is 5.91 Å². The molecule has 5 heteroatoms. The van der Waals surface area contributed by atoms with Crippen LogP contribution in [0, 0.1) is 0 Å². The van der Waals surface area contributed by atoms with Crippen molar-refractivity contribution in [2.24, 2.45) is 5.73 Å². The Hall–Kier alpha value is -0.650. The van der Waals surface area contributed by atoms with Gasteiger partial charge in [0.15, 0.2) is 0 Å². The largest absolute Gasteiger partial charge is 0.378 e. The topological polar surface area (TPSA) is 64.8 Å². The van der Waals surface area contributed by atoms with Gasteiger partial charge in [-0.15, -0.1) is 0 Å². The average Bonchev–Trinajstić information content (AvgIpc) is 3.20. The Labute approximate surface area is 102 Å². The van der Waals surface area contributed by atoms with Gasteiger partial charge in [0, 0.05) is 26.2 Å². The van der Waals surface area contributed by atoms with E-state index in [-0.39, 0.29) is 12.5 Å². The fourth-order valence-corrected chi connectivity index (χ4v) is 2.14. The van der Waals surface area contributed by atoms with Crippen molar-refractivity contribution in [3.05, 3.63) is 0 Å². The van der Waals surface area contributed by atoms with E-state index in [1.165, 1.54) is 0 Å². The molecule has 0 aromatic carbocycles. The molecule has 1 heterocycles. The molecule has 17 heavy (non-hydrogen) atoms. The van der Waals surface area contributed by atoms with Crippen LogP contribution in [0.4, 0.5) is 0 Å². The van der Waals surface area contributed by atoms with Gasteiger partial charge in [-0.1, -0.05) is 0 Å². The van der Waals surface area contributed by atoms with Crippen molar-refractivity contribution in [3.8, 4) is 0 Å². The molecule has 2 rings (SSSR count). The Morgan fingerprint density at radius 2 is 2.35 bits per heavy atom. The Bertz CT molecular complexity index is 273. The molecule has 0 bridgehead atoms. The van der Waals surface area contributed by atoms with Gasteiger partial charge < -0.3 is 20.1 Å². The molecule has 1 amide bonds. The average molecular weight is 242 g/mol. The molecule has 0 spiro atoms. The fraction of sp³-hybridized carbons (Fsp3) is 0.917. The molecule has 0 radical (unpaired) electrons. The number of carbonyl (C=O) groups is 1. The molecule has 0 aromatic heterocycles. The summed E-state index contributed by atoms with van der Waals surface area (Å²) in [7, 11) is 1.84. The van der Waals surface area contributed by atoms with Crippen LogP contribution in [0.3, 0.4) is 0 Å². The maximum absolute atomic E-state index is 11.8. The molecule has 2 fully saturated rings. The fourth-order valence-electron chi connectivity index (χ4n) is 2.14. The van der Waals surface area contributed by atoms with Crippen molar-refractivity contribution in [2.75, 3.05) is 33.4 Å². The minimum Gasteiger partial charge on any atom is -0.378 e. The zero-order chi connectivity index (χ0) is 12.3. The summed E-state index contributed by atoms with van der Waals surface area (Å²) in [6, 6.07) is 0.433. The van der Waals surface area contributed by atoms with Crippen LogP contribution < -0.4 is 5.73 Å². The van der Waals surface area contributed by atoms with E-state index in [2.05, 4.69) is 0 Å². The smallest absolute Gasteiger partial charge is 0.248 e. The maximum atomic E-state index is 11.8. The van der Waals surface area contributed by atoms with Crippen LogP contribution in [0.25, 0.3) is 0 Å². The predicted molar refractivity (Wildman–Crippen MR) is 63.6 cm³/mol. The van der Waals surface area contributed by atoms with Gasteiger partial charge >= 0.3 is 0 Å². The van der Waals surface area contributed by atoms with Crippen molar-refractivity contribution >= 4 is 5.91 Å². The first kappa shape index (κ1) is 12.8. The monoisotopic (exact) mass is 242 g/mol. The molecule has 0 aromatic rings. The van der Waals surface area contributed by atoms with Gasteiger partial charge in [0.1, 0.15) is 12.2 Å². The van der Waals surface area contributed by atoms with Crippen LogP contribution in [0.2, 0.25) is 0 Å². The molecule has 1 aliphatic carbocycles. The van der Waals surface area contributed by atoms with E-state index >= 15 is 0 Å². The third kappa shape index (κ3) is 3.18. The lowest BCUT2D eigenvalue weighted by atomic mass is 9.96. The number of amides is 1. The summed E-state index contributed by atoms with van der Waals surface area (Å²) in [5.41, 5.74) is 5.30. The second-order valence-electron chi connectivity index (χ2n) is 5.07. The summed E-state index contributed by atoms with van der Waals surface area (Å²) in [4.78, 5) is 13.6. The highest BCUT2D eigenvalue weighted by Gasteiger charge is 2.35. The standard InChI is InChI=1S/C12H22N2O3/c1-14(10-3-4-10)11(15)7-17-12(8-13)5-2-6-16-9-12/h10H,2-9,13H2,1H3. The van der Waals surface area contributed by atoms with Crippen molar-refractivity contribution in [3.63, 3.8) is 0 Å². The lowest BCUT2D eigenvalue weighted by Crippen LogP contribution is -2.49. The summed E-state index contributed by atoms with van der Waals surface area (Å²) in [5.74, 6) is 0.0471. The summed E-state index contributed by atoms with van der Waals surface area (Å²) in [6.07, 6.45) is 4.06. The molecule has 2 N–H and O–H groups in total. The lowest BCUT2D eigenvalue weighted by Gasteiger charge is -2.36. The zero-order valence-corrected chi connectivity index (χ0v) is 10.5. The van der Waals surface area contributed by atoms with E-state index in [4.69, 9.17) is 15.2 Å². The molecular formula is C12H22N2O3. The van der Waals surface area contributed by atoms with Gasteiger partial charge in [0.25, 0.3) is 0 Å². The zero-order valence-electron chi connectivity index (χ0n) is 10.5. The van der Waals surface area contributed by atoms with Crippen molar-refractivity contribution in [1.29, 1.82) is 0 Å². The number of ether oxygens (including phenoxy) is 2. The molecular weight excluding hydrogens is 220 g/mol. The predicted octanol–water partition coefficient (Wildman–Crippen LogP) is 0.132. The molecule has 5 nitrogen and oxygen atoms in total. The number of carbonyl (C=O) groups excluding carboxylic acids is 1. The highest BCUT2D eigenvalue weighted by molar-refractivity contribution is 5.77. The van der Waals surface area contributed by atoms with E-state index in [0.717, 1.165) is 32.3 Å². The van der Waals surface area contributed by atoms with Crippen LogP contribution in [0.5, 0.6) is 0 Å². The number of nitrogens with zero attached hydrogens (tertiary/aromatic N) is 1. The summed E-state index contributed by atoms with van der Waals surface area (Å²) in [6.45, 7) is 1.80. The number of likely N-dealkylation sites (N-methyl/N-ethyl adjacent to an activating group) is 1. The molecule has 1 atom stereocenters. The van der Waals surface area contributed by atoms with Crippen LogP contribution in [0.1, 0.15) is 25.7 Å². The van der Waals surface area contributed by atoms with Gasteiger partial charge in [-0.2, -0.15) is 0 Å². The summed E-state index contributed by atoms with van der Waals surface area (Å²) < 4.78 is 11.1. The first-order chi connectivity index (χ1) is 8.17. The van der Waals surface area contributed by atoms with Crippen LogP contribution in [-0.4, -0.2) is 55.9 Å². The highest BCUT2D eigenvalue weighted by atomic mass is 16.5. The molecule has 2 aliphatic rings. The quantitative estimate of drug-likeness (QED) is 0.744. The Morgan fingerprint density at radius 3 is 2.88 bits per heavy atom. The SMILES string of the molecule is CN(C(=O)COC1(CN)CCCOC1)C1CC1. The first-order valence-corrected chi connectivity index (χ1v) is 6.34. The molecule has 1 saturated carbocycles. The molecule has 1 unspecified atom stereocenters. The number of hydrogen-bond donors (Lipinski definition) is 1. The lowest BCUT2D eigenvalue weighted by molar-refractivity contribution is -0.154. The minimum atomic E-state index is -0.446. The normalized spacial score (nSPS) is 29.1. The number of hydrogen-bond acceptors (Lipinski definition) is 4. The van der Waals surface area contributed by atoms with Gasteiger partial charge in [0.05, 0.1) is 6.61 Å². The third-order valence-electron chi connectivity index (χ3n) is 3.65.